The Morgan fingerprint density at radius 2 is 0.706 bits per heavy atom. The topological polar surface area (TPSA) is 0 Å². The average Bonchev–Trinajstić information content (AvgIpc) is 3.62. The highest BCUT2D eigenvalue weighted by atomic mass is 32.1. The smallest absolute Gasteiger partial charge is 0.0481 e. The third kappa shape index (κ3) is 4.00. The van der Waals surface area contributed by atoms with E-state index >= 15 is 0 Å². The van der Waals surface area contributed by atoms with Gasteiger partial charge in [0.25, 0.3) is 0 Å². The minimum absolute atomic E-state index is 1.36. The number of hydrogen-bond acceptors (Lipinski definition) is 6. The zero-order chi connectivity index (χ0) is 23.4. The van der Waals surface area contributed by atoms with Gasteiger partial charge in [0.1, 0.15) is 0 Å². The van der Waals surface area contributed by atoms with Crippen LogP contribution in [0, 0.1) is 27.7 Å². The van der Waals surface area contributed by atoms with Crippen molar-refractivity contribution in [3.05, 3.63) is 81.5 Å². The minimum Gasteiger partial charge on any atom is -0.143 e. The van der Waals surface area contributed by atoms with E-state index in [9.17, 15) is 0 Å². The van der Waals surface area contributed by atoms with Crippen molar-refractivity contribution in [3.8, 4) is 48.8 Å². The molecule has 6 heteroatoms. The first kappa shape index (κ1) is 22.7. The van der Waals surface area contributed by atoms with Crippen molar-refractivity contribution < 1.29 is 0 Å². The maximum Gasteiger partial charge on any atom is 0.0481 e. The molecule has 0 fully saturated rings. The van der Waals surface area contributed by atoms with Crippen molar-refractivity contribution >= 4 is 68.0 Å². The van der Waals surface area contributed by atoms with E-state index < -0.39 is 0 Å². The summed E-state index contributed by atoms with van der Waals surface area (Å²) in [6.45, 7) is 9.02. The van der Waals surface area contributed by atoms with Gasteiger partial charge < -0.3 is 0 Å². The van der Waals surface area contributed by atoms with E-state index in [-0.39, 0.29) is 0 Å². The highest BCUT2D eigenvalue weighted by Gasteiger charge is 2.19. The summed E-state index contributed by atoms with van der Waals surface area (Å²) >= 11 is 11.4. The Kier molecular flexibility index (Phi) is 6.00. The zero-order valence-electron chi connectivity index (χ0n) is 19.2. The molecule has 6 aromatic rings. The number of rotatable bonds is 5. The van der Waals surface area contributed by atoms with Crippen LogP contribution in [0.4, 0.5) is 0 Å². The maximum absolute atomic E-state index is 2.39. The predicted octanol–water partition coefficient (Wildman–Crippen LogP) is 11.6. The number of hydrogen-bond donors (Lipinski definition) is 0. The Balaban J connectivity index is 1.36. The van der Waals surface area contributed by atoms with Gasteiger partial charge in [-0.2, -0.15) is 0 Å². The van der Waals surface area contributed by atoms with Crippen LogP contribution in [0.2, 0.25) is 0 Å². The van der Waals surface area contributed by atoms with E-state index in [1.807, 2.05) is 68.0 Å². The Labute approximate surface area is 224 Å². The SMILES string of the molecule is Cc1cc(-c2cccs2)sc1-c1sc(-c2cc(C)c(-c3sc(-c4cccs4)cc3C)s2)cc1C. The van der Waals surface area contributed by atoms with Crippen molar-refractivity contribution in [2.75, 3.05) is 0 Å². The molecule has 0 spiro atoms. The molecule has 0 saturated heterocycles. The standard InChI is InChI=1S/C28H22S6/c1-15-11-21(19-7-5-9-29-19)31-25(15)27-17(3)13-23(33-27)24-14-18(4)28(34-24)26-16(2)12-22(32-26)20-8-6-10-30-20/h5-14H,1-4H3. The summed E-state index contributed by atoms with van der Waals surface area (Å²) in [5, 5.41) is 4.32. The van der Waals surface area contributed by atoms with Gasteiger partial charge in [-0.1, -0.05) is 12.1 Å². The molecular formula is C28H22S6. The Morgan fingerprint density at radius 1 is 0.412 bits per heavy atom. The van der Waals surface area contributed by atoms with Gasteiger partial charge in [-0.25, -0.2) is 0 Å². The molecule has 0 nitrogen and oxygen atoms in total. The van der Waals surface area contributed by atoms with E-state index in [2.05, 4.69) is 87.0 Å². The number of thiophene rings is 6. The summed E-state index contributed by atoms with van der Waals surface area (Å²) in [5.74, 6) is 0. The van der Waals surface area contributed by atoms with Crippen LogP contribution >= 0.6 is 68.0 Å². The van der Waals surface area contributed by atoms with Gasteiger partial charge in [-0.05, 0) is 97.1 Å². The van der Waals surface area contributed by atoms with Crippen LogP contribution in [0.25, 0.3) is 48.8 Å². The van der Waals surface area contributed by atoms with E-state index in [0.717, 1.165) is 0 Å². The largest absolute Gasteiger partial charge is 0.143 e. The monoisotopic (exact) mass is 550 g/mol. The fraction of sp³-hybridized carbons (Fsp3) is 0.143. The first-order chi connectivity index (χ1) is 16.5. The zero-order valence-corrected chi connectivity index (χ0v) is 24.1. The molecule has 0 radical (unpaired) electrons. The van der Waals surface area contributed by atoms with Gasteiger partial charge in [0.15, 0.2) is 0 Å². The van der Waals surface area contributed by atoms with E-state index in [1.54, 1.807) is 0 Å². The third-order valence-corrected chi connectivity index (χ3v) is 13.5. The summed E-state index contributed by atoms with van der Waals surface area (Å²) in [4.78, 5) is 13.9. The van der Waals surface area contributed by atoms with Crippen LogP contribution < -0.4 is 0 Å². The number of aryl methyl sites for hydroxylation is 4. The molecular weight excluding hydrogens is 529 g/mol. The molecule has 0 saturated carbocycles. The predicted molar refractivity (Wildman–Crippen MR) is 160 cm³/mol. The Hall–Kier alpha value is -1.80. The second kappa shape index (κ2) is 9.01. The van der Waals surface area contributed by atoms with Gasteiger partial charge >= 0.3 is 0 Å². The van der Waals surface area contributed by atoms with E-state index in [4.69, 9.17) is 0 Å². The maximum atomic E-state index is 2.39. The lowest BCUT2D eigenvalue weighted by Crippen LogP contribution is -1.72. The fourth-order valence-corrected chi connectivity index (χ4v) is 11.1. The molecule has 34 heavy (non-hydrogen) atoms. The minimum atomic E-state index is 1.36. The fourth-order valence-electron chi connectivity index (χ4n) is 4.15. The van der Waals surface area contributed by atoms with Crippen molar-refractivity contribution in [1.82, 2.24) is 0 Å². The van der Waals surface area contributed by atoms with Gasteiger partial charge in [0, 0.05) is 48.8 Å². The molecule has 0 N–H and O–H groups in total. The van der Waals surface area contributed by atoms with Crippen LogP contribution in [-0.4, -0.2) is 0 Å². The molecule has 0 amide bonds. The molecule has 0 unspecified atom stereocenters. The summed E-state index contributed by atoms with van der Waals surface area (Å²) in [5.41, 5.74) is 5.51. The molecule has 0 aromatic carbocycles. The molecule has 6 rings (SSSR count). The Bertz CT molecular complexity index is 1460. The van der Waals surface area contributed by atoms with Gasteiger partial charge in [0.2, 0.25) is 0 Å². The second-order valence-corrected chi connectivity index (χ2v) is 14.5. The highest BCUT2D eigenvalue weighted by Crippen LogP contribution is 2.49. The molecule has 0 atom stereocenters. The molecule has 0 bridgehead atoms. The molecule has 0 aliphatic rings. The highest BCUT2D eigenvalue weighted by molar-refractivity contribution is 7.30. The normalized spacial score (nSPS) is 11.5. The third-order valence-electron chi connectivity index (χ3n) is 5.85. The van der Waals surface area contributed by atoms with Crippen LogP contribution in [0.1, 0.15) is 22.3 Å². The van der Waals surface area contributed by atoms with Gasteiger partial charge in [0.05, 0.1) is 0 Å². The van der Waals surface area contributed by atoms with Crippen LogP contribution in [0.5, 0.6) is 0 Å². The molecule has 6 heterocycles. The van der Waals surface area contributed by atoms with Gasteiger partial charge in [-0.15, -0.1) is 68.0 Å². The lowest BCUT2D eigenvalue weighted by Gasteiger charge is -1.97. The quantitative estimate of drug-likeness (QED) is 0.200. The second-order valence-electron chi connectivity index (χ2n) is 8.45. The van der Waals surface area contributed by atoms with Crippen molar-refractivity contribution in [2.24, 2.45) is 0 Å². The van der Waals surface area contributed by atoms with Gasteiger partial charge in [-0.3, -0.25) is 0 Å². The van der Waals surface area contributed by atoms with Crippen LogP contribution in [0.3, 0.4) is 0 Å². The first-order valence-corrected chi connectivity index (χ1v) is 16.0. The summed E-state index contributed by atoms with van der Waals surface area (Å²) in [6.07, 6.45) is 0. The summed E-state index contributed by atoms with van der Waals surface area (Å²) in [7, 11) is 0. The molecule has 0 aliphatic heterocycles. The average molecular weight is 551 g/mol. The summed E-state index contributed by atoms with van der Waals surface area (Å²) < 4.78 is 0. The van der Waals surface area contributed by atoms with Crippen molar-refractivity contribution in [1.29, 1.82) is 0 Å². The van der Waals surface area contributed by atoms with Crippen LogP contribution in [-0.2, 0) is 0 Å². The lowest BCUT2D eigenvalue weighted by atomic mass is 10.1. The van der Waals surface area contributed by atoms with Crippen molar-refractivity contribution in [3.63, 3.8) is 0 Å². The van der Waals surface area contributed by atoms with Crippen molar-refractivity contribution in [2.45, 2.75) is 27.7 Å². The summed E-state index contributed by atoms with van der Waals surface area (Å²) in [6, 6.07) is 18.2. The molecule has 0 aliphatic carbocycles. The molecule has 170 valence electrons. The molecule has 6 aromatic heterocycles. The van der Waals surface area contributed by atoms with Crippen LogP contribution in [0.15, 0.2) is 59.3 Å². The lowest BCUT2D eigenvalue weighted by molar-refractivity contribution is 1.51. The van der Waals surface area contributed by atoms with E-state index in [0.29, 0.717) is 0 Å². The first-order valence-electron chi connectivity index (χ1n) is 11.0. The van der Waals surface area contributed by atoms with E-state index in [1.165, 1.54) is 71.0 Å². The Morgan fingerprint density at radius 3 is 0.971 bits per heavy atom.